The Bertz CT molecular complexity index is 719. The molecular weight excluding hydrogens is 292 g/mol. The third-order valence-electron chi connectivity index (χ3n) is 3.85. The Morgan fingerprint density at radius 3 is 2.61 bits per heavy atom. The van der Waals surface area contributed by atoms with Crippen LogP contribution in [0.2, 0.25) is 0 Å². The Kier molecular flexibility index (Phi) is 5.08. The fourth-order valence-corrected chi connectivity index (χ4v) is 2.64. The maximum Gasteiger partial charge on any atom is 0.314 e. The first-order valence-corrected chi connectivity index (χ1v) is 7.95. The summed E-state index contributed by atoms with van der Waals surface area (Å²) in [6, 6.07) is 0.00335. The van der Waals surface area contributed by atoms with E-state index in [0.717, 1.165) is 41.1 Å². The Labute approximate surface area is 136 Å². The van der Waals surface area contributed by atoms with Crippen molar-refractivity contribution in [2.45, 2.75) is 53.6 Å². The molecule has 0 aliphatic heterocycles. The Morgan fingerprint density at radius 2 is 1.96 bits per heavy atom. The lowest BCUT2D eigenvalue weighted by Gasteiger charge is -2.12. The van der Waals surface area contributed by atoms with E-state index in [0.29, 0.717) is 12.4 Å². The molecule has 2 heterocycles. The van der Waals surface area contributed by atoms with E-state index in [1.165, 1.54) is 0 Å². The minimum Gasteiger partial charge on any atom is -0.382 e. The molecule has 2 aromatic rings. The van der Waals surface area contributed by atoms with Crippen molar-refractivity contribution in [2.75, 3.05) is 12.3 Å². The molecule has 0 bridgehead atoms. The number of urea groups is 1. The predicted octanol–water partition coefficient (Wildman–Crippen LogP) is 2.04. The van der Waals surface area contributed by atoms with E-state index in [2.05, 4.69) is 25.2 Å². The number of hydrogen-bond donors (Lipinski definition) is 3. The molecule has 0 aliphatic carbocycles. The zero-order valence-corrected chi connectivity index (χ0v) is 14.5. The van der Waals surface area contributed by atoms with Gasteiger partial charge in [0.1, 0.15) is 11.3 Å². The maximum atomic E-state index is 11.6. The van der Waals surface area contributed by atoms with Crippen LogP contribution in [0, 0.1) is 20.8 Å². The molecule has 0 radical (unpaired) electrons. The molecule has 2 amide bonds. The molecule has 0 unspecified atom stereocenters. The summed E-state index contributed by atoms with van der Waals surface area (Å²) in [4.78, 5) is 20.5. The van der Waals surface area contributed by atoms with Gasteiger partial charge in [-0.1, -0.05) is 0 Å². The van der Waals surface area contributed by atoms with Crippen LogP contribution >= 0.6 is 0 Å². The molecule has 4 N–H and O–H groups in total. The zero-order chi connectivity index (χ0) is 17.1. The summed E-state index contributed by atoms with van der Waals surface area (Å²) < 4.78 is 2.15. The first-order chi connectivity index (χ1) is 10.8. The summed E-state index contributed by atoms with van der Waals surface area (Å²) in [5, 5.41) is 5.67. The number of hydrogen-bond acceptors (Lipinski definition) is 4. The quantitative estimate of drug-likeness (QED) is 0.735. The van der Waals surface area contributed by atoms with Crippen molar-refractivity contribution >= 4 is 22.9 Å². The standard InChI is InChI=1S/C16H26N6O/c1-9(2)19-16(23)18-7-6-8-22-12(5)21-13-14(22)10(3)11(4)20-15(13)17/h9H,6-8H2,1-5H3,(H2,17,20)(H2,18,19,23). The number of fused-ring (bicyclic) bond motifs is 1. The number of aryl methyl sites for hydroxylation is 4. The molecule has 0 atom stereocenters. The highest BCUT2D eigenvalue weighted by atomic mass is 16.2. The number of nitrogen functional groups attached to an aromatic ring is 1. The highest BCUT2D eigenvalue weighted by molar-refractivity contribution is 5.88. The maximum absolute atomic E-state index is 11.6. The van der Waals surface area contributed by atoms with E-state index in [1.54, 1.807) is 0 Å². The van der Waals surface area contributed by atoms with Gasteiger partial charge in [0.05, 0.1) is 5.52 Å². The van der Waals surface area contributed by atoms with Crippen molar-refractivity contribution in [2.24, 2.45) is 0 Å². The molecular formula is C16H26N6O. The molecule has 0 aromatic carbocycles. The SMILES string of the molecule is Cc1nc(N)c2nc(C)n(CCCNC(=O)NC(C)C)c2c1C. The highest BCUT2D eigenvalue weighted by Crippen LogP contribution is 2.25. The molecule has 0 aliphatic rings. The second kappa shape index (κ2) is 6.85. The van der Waals surface area contributed by atoms with Gasteiger partial charge in [0.2, 0.25) is 0 Å². The van der Waals surface area contributed by atoms with Gasteiger partial charge in [0, 0.05) is 24.8 Å². The molecule has 7 heteroatoms. The lowest BCUT2D eigenvalue weighted by atomic mass is 10.2. The Balaban J connectivity index is 2.09. The summed E-state index contributed by atoms with van der Waals surface area (Å²) >= 11 is 0. The fraction of sp³-hybridized carbons (Fsp3) is 0.562. The smallest absolute Gasteiger partial charge is 0.314 e. The Hall–Kier alpha value is -2.31. The van der Waals surface area contributed by atoms with Crippen molar-refractivity contribution in [3.05, 3.63) is 17.1 Å². The summed E-state index contributed by atoms with van der Waals surface area (Å²) in [5.74, 6) is 1.38. The van der Waals surface area contributed by atoms with Crippen molar-refractivity contribution in [1.82, 2.24) is 25.2 Å². The number of anilines is 1. The lowest BCUT2D eigenvalue weighted by Crippen LogP contribution is -2.40. The first kappa shape index (κ1) is 17.1. The molecule has 2 aromatic heterocycles. The van der Waals surface area contributed by atoms with Gasteiger partial charge < -0.3 is 20.9 Å². The van der Waals surface area contributed by atoms with Crippen LogP contribution in [0.5, 0.6) is 0 Å². The first-order valence-electron chi connectivity index (χ1n) is 7.95. The third kappa shape index (κ3) is 3.72. The van der Waals surface area contributed by atoms with Crippen molar-refractivity contribution < 1.29 is 4.79 Å². The number of nitrogens with two attached hydrogens (primary N) is 1. The second-order valence-corrected chi connectivity index (χ2v) is 6.12. The van der Waals surface area contributed by atoms with Gasteiger partial charge in [-0.3, -0.25) is 0 Å². The molecule has 0 spiro atoms. The van der Waals surface area contributed by atoms with Crippen LogP contribution in [0.3, 0.4) is 0 Å². The molecule has 7 nitrogen and oxygen atoms in total. The third-order valence-corrected chi connectivity index (χ3v) is 3.85. The summed E-state index contributed by atoms with van der Waals surface area (Å²) in [6.07, 6.45) is 0.818. The van der Waals surface area contributed by atoms with Crippen molar-refractivity contribution in [3.8, 4) is 0 Å². The molecule has 0 saturated carbocycles. The van der Waals surface area contributed by atoms with Crippen LogP contribution in [0.25, 0.3) is 11.0 Å². The lowest BCUT2D eigenvalue weighted by molar-refractivity contribution is 0.238. The van der Waals surface area contributed by atoms with E-state index in [4.69, 9.17) is 5.73 Å². The van der Waals surface area contributed by atoms with Gasteiger partial charge in [0.25, 0.3) is 0 Å². The minimum atomic E-state index is -0.132. The molecule has 2 rings (SSSR count). The van der Waals surface area contributed by atoms with Crippen molar-refractivity contribution in [1.29, 1.82) is 0 Å². The van der Waals surface area contributed by atoms with E-state index in [9.17, 15) is 4.79 Å². The van der Waals surface area contributed by atoms with E-state index in [1.807, 2.05) is 34.6 Å². The number of nitrogens with one attached hydrogen (secondary N) is 2. The molecule has 23 heavy (non-hydrogen) atoms. The van der Waals surface area contributed by atoms with Crippen LogP contribution < -0.4 is 16.4 Å². The Morgan fingerprint density at radius 1 is 1.26 bits per heavy atom. The van der Waals surface area contributed by atoms with Gasteiger partial charge >= 0.3 is 6.03 Å². The molecule has 0 saturated heterocycles. The average molecular weight is 318 g/mol. The van der Waals surface area contributed by atoms with E-state index < -0.39 is 0 Å². The number of imidazole rings is 1. The topological polar surface area (TPSA) is 97.9 Å². The van der Waals surface area contributed by atoms with Gasteiger partial charge in [-0.15, -0.1) is 0 Å². The number of aromatic nitrogens is 3. The van der Waals surface area contributed by atoms with Gasteiger partial charge in [-0.05, 0) is 46.6 Å². The minimum absolute atomic E-state index is 0.132. The van der Waals surface area contributed by atoms with Gasteiger partial charge in [-0.25, -0.2) is 14.8 Å². The van der Waals surface area contributed by atoms with Crippen molar-refractivity contribution in [3.63, 3.8) is 0 Å². The monoisotopic (exact) mass is 318 g/mol. The summed E-state index contributed by atoms with van der Waals surface area (Å²) in [5.41, 5.74) is 9.82. The zero-order valence-electron chi connectivity index (χ0n) is 14.5. The fourth-order valence-electron chi connectivity index (χ4n) is 2.64. The van der Waals surface area contributed by atoms with Crippen LogP contribution in [0.1, 0.15) is 37.4 Å². The largest absolute Gasteiger partial charge is 0.382 e. The number of rotatable bonds is 5. The molecule has 126 valence electrons. The normalized spacial score (nSPS) is 11.2. The number of amides is 2. The van der Waals surface area contributed by atoms with Gasteiger partial charge in [0.15, 0.2) is 5.82 Å². The average Bonchev–Trinajstić information content (AvgIpc) is 2.78. The summed E-state index contributed by atoms with van der Waals surface area (Å²) in [6.45, 7) is 11.2. The number of nitrogens with zero attached hydrogens (tertiary/aromatic N) is 3. The van der Waals surface area contributed by atoms with E-state index in [-0.39, 0.29) is 12.1 Å². The van der Waals surface area contributed by atoms with Crippen LogP contribution in [-0.2, 0) is 6.54 Å². The summed E-state index contributed by atoms with van der Waals surface area (Å²) in [7, 11) is 0. The number of pyridine rings is 1. The van der Waals surface area contributed by atoms with Crippen LogP contribution in [0.15, 0.2) is 0 Å². The predicted molar refractivity (Wildman–Crippen MR) is 92.4 cm³/mol. The van der Waals surface area contributed by atoms with Gasteiger partial charge in [-0.2, -0.15) is 0 Å². The number of carbonyl (C=O) groups is 1. The second-order valence-electron chi connectivity index (χ2n) is 6.12. The van der Waals surface area contributed by atoms with Crippen LogP contribution in [0.4, 0.5) is 10.6 Å². The van der Waals surface area contributed by atoms with Crippen LogP contribution in [-0.4, -0.2) is 33.2 Å². The highest BCUT2D eigenvalue weighted by Gasteiger charge is 2.15. The number of carbonyl (C=O) groups excluding carboxylic acids is 1. The molecule has 0 fully saturated rings. The van der Waals surface area contributed by atoms with E-state index >= 15 is 0 Å².